The number of imidazole rings is 1. The van der Waals surface area contributed by atoms with Crippen LogP contribution in [0.15, 0.2) is 29.1 Å². The van der Waals surface area contributed by atoms with Crippen molar-refractivity contribution in [1.82, 2.24) is 14.0 Å². The van der Waals surface area contributed by atoms with Crippen molar-refractivity contribution in [3.8, 4) is 0 Å². The first-order chi connectivity index (χ1) is 14.1. The summed E-state index contributed by atoms with van der Waals surface area (Å²) in [5.41, 5.74) is 2.41. The molecule has 2 heterocycles. The van der Waals surface area contributed by atoms with Crippen LogP contribution in [0.5, 0.6) is 0 Å². The van der Waals surface area contributed by atoms with Gasteiger partial charge in [-0.25, -0.2) is 4.79 Å². The van der Waals surface area contributed by atoms with Gasteiger partial charge in [-0.2, -0.15) is 0 Å². The van der Waals surface area contributed by atoms with Crippen LogP contribution in [0.2, 0.25) is 0 Å². The lowest BCUT2D eigenvalue weighted by atomic mass is 9.90. The van der Waals surface area contributed by atoms with Crippen molar-refractivity contribution < 1.29 is 0 Å². The molecule has 4 rings (SSSR count). The molecule has 1 saturated carbocycles. The highest BCUT2D eigenvalue weighted by Crippen LogP contribution is 2.28. The second-order valence-electron chi connectivity index (χ2n) is 9.89. The number of hydrogen-bond donors (Lipinski definition) is 0. The normalized spacial score (nSPS) is 20.9. The van der Waals surface area contributed by atoms with Gasteiger partial charge in [-0.3, -0.25) is 9.13 Å². The van der Waals surface area contributed by atoms with Crippen LogP contribution < -0.4 is 5.69 Å². The van der Waals surface area contributed by atoms with E-state index in [1.54, 1.807) is 0 Å². The molecule has 4 heteroatoms. The van der Waals surface area contributed by atoms with E-state index in [2.05, 4.69) is 47.6 Å². The van der Waals surface area contributed by atoms with Crippen LogP contribution in [0.4, 0.5) is 0 Å². The quantitative estimate of drug-likeness (QED) is 0.671. The van der Waals surface area contributed by atoms with Crippen LogP contribution in [0.25, 0.3) is 11.0 Å². The third-order valence-corrected chi connectivity index (χ3v) is 7.08. The van der Waals surface area contributed by atoms with Gasteiger partial charge >= 0.3 is 5.69 Å². The molecule has 0 N–H and O–H groups in total. The molecule has 160 valence electrons. The molecule has 0 unspecified atom stereocenters. The van der Waals surface area contributed by atoms with Crippen molar-refractivity contribution in [3.05, 3.63) is 34.7 Å². The van der Waals surface area contributed by atoms with E-state index in [1.165, 1.54) is 51.5 Å². The molecule has 1 aromatic heterocycles. The summed E-state index contributed by atoms with van der Waals surface area (Å²) in [4.78, 5) is 16.0. The second-order valence-corrected chi connectivity index (χ2v) is 9.89. The lowest BCUT2D eigenvalue weighted by Gasteiger charge is -2.35. The van der Waals surface area contributed by atoms with E-state index in [4.69, 9.17) is 0 Å². The molecule has 4 nitrogen and oxygen atoms in total. The van der Waals surface area contributed by atoms with Crippen LogP contribution in [0.3, 0.4) is 0 Å². The third-order valence-electron chi connectivity index (χ3n) is 7.08. The molecule has 1 aliphatic heterocycles. The Bertz CT molecular complexity index is 833. The fourth-order valence-electron chi connectivity index (χ4n) is 5.58. The fraction of sp³-hybridized carbons (Fsp3) is 0.720. The first-order valence-electron chi connectivity index (χ1n) is 12.1. The maximum Gasteiger partial charge on any atom is 0.329 e. The highest BCUT2D eigenvalue weighted by atomic mass is 16.1. The molecule has 0 bridgehead atoms. The van der Waals surface area contributed by atoms with Crippen molar-refractivity contribution >= 4 is 11.0 Å². The Hall–Kier alpha value is -1.55. The van der Waals surface area contributed by atoms with Gasteiger partial charge in [0.25, 0.3) is 0 Å². The molecule has 29 heavy (non-hydrogen) atoms. The number of likely N-dealkylation sites (tertiary alicyclic amines) is 1. The summed E-state index contributed by atoms with van der Waals surface area (Å²) in [6.45, 7) is 8.72. The minimum Gasteiger partial charge on any atom is -0.303 e. The van der Waals surface area contributed by atoms with Gasteiger partial charge in [0.1, 0.15) is 0 Å². The molecule has 1 aliphatic carbocycles. The van der Waals surface area contributed by atoms with Gasteiger partial charge in [-0.1, -0.05) is 58.1 Å². The monoisotopic (exact) mass is 397 g/mol. The topological polar surface area (TPSA) is 30.2 Å². The number of nitrogens with zero attached hydrogens (tertiary/aromatic N) is 3. The number of benzene rings is 1. The molecular formula is C25H39N3O. The van der Waals surface area contributed by atoms with E-state index < -0.39 is 0 Å². The first-order valence-corrected chi connectivity index (χ1v) is 12.1. The summed E-state index contributed by atoms with van der Waals surface area (Å²) in [7, 11) is 0. The Morgan fingerprint density at radius 1 is 0.897 bits per heavy atom. The molecule has 2 aliphatic rings. The third kappa shape index (κ3) is 4.79. The van der Waals surface area contributed by atoms with Crippen molar-refractivity contribution in [2.75, 3.05) is 19.6 Å². The molecule has 0 amide bonds. The van der Waals surface area contributed by atoms with Gasteiger partial charge in [-0.15, -0.1) is 0 Å². The zero-order valence-electron chi connectivity index (χ0n) is 18.5. The molecule has 0 spiro atoms. The number of piperidine rings is 1. The van der Waals surface area contributed by atoms with E-state index >= 15 is 0 Å². The van der Waals surface area contributed by atoms with Crippen LogP contribution in [-0.4, -0.2) is 33.7 Å². The SMILES string of the molecule is CC(C)Cn1c(=O)n(C2CCN(CC3CCCCCCC3)CC2)c2ccccc21. The van der Waals surface area contributed by atoms with Crippen LogP contribution >= 0.6 is 0 Å². The Labute approximate surface area is 175 Å². The minimum absolute atomic E-state index is 0.193. The average Bonchev–Trinajstić information content (AvgIpc) is 2.96. The standard InChI is InChI=1S/C25H39N3O/c1-20(2)18-27-23-12-8-9-13-24(23)28(25(27)29)22-14-16-26(17-15-22)19-21-10-6-4-3-5-7-11-21/h8-9,12-13,20-22H,3-7,10-11,14-19H2,1-2H3. The van der Waals surface area contributed by atoms with Gasteiger partial charge in [0.15, 0.2) is 0 Å². The Morgan fingerprint density at radius 2 is 1.52 bits per heavy atom. The van der Waals surface area contributed by atoms with E-state index in [0.717, 1.165) is 49.4 Å². The Morgan fingerprint density at radius 3 is 2.17 bits per heavy atom. The largest absolute Gasteiger partial charge is 0.329 e. The maximum absolute atomic E-state index is 13.3. The number of rotatable bonds is 5. The van der Waals surface area contributed by atoms with Gasteiger partial charge in [0.2, 0.25) is 0 Å². The van der Waals surface area contributed by atoms with Crippen LogP contribution in [0.1, 0.15) is 77.7 Å². The molecule has 2 aromatic rings. The van der Waals surface area contributed by atoms with Crippen LogP contribution in [0, 0.1) is 11.8 Å². The molecule has 0 radical (unpaired) electrons. The first kappa shape index (κ1) is 20.7. The average molecular weight is 398 g/mol. The van der Waals surface area contributed by atoms with Gasteiger partial charge in [-0.05, 0) is 49.7 Å². The molecular weight excluding hydrogens is 358 g/mol. The summed E-state index contributed by atoms with van der Waals surface area (Å²) in [5, 5.41) is 0. The highest BCUT2D eigenvalue weighted by molar-refractivity contribution is 5.76. The smallest absolute Gasteiger partial charge is 0.303 e. The predicted octanol–water partition coefficient (Wildman–Crippen LogP) is 5.46. The second kappa shape index (κ2) is 9.51. The number of para-hydroxylation sites is 2. The van der Waals surface area contributed by atoms with Gasteiger partial charge in [0, 0.05) is 32.2 Å². The zero-order valence-corrected chi connectivity index (χ0v) is 18.5. The van der Waals surface area contributed by atoms with Crippen molar-refractivity contribution in [2.45, 2.75) is 84.2 Å². The van der Waals surface area contributed by atoms with E-state index in [1.807, 2.05) is 4.57 Å². The summed E-state index contributed by atoms with van der Waals surface area (Å²) in [5.74, 6) is 1.36. The van der Waals surface area contributed by atoms with Crippen LogP contribution in [-0.2, 0) is 6.54 Å². The minimum atomic E-state index is 0.193. The molecule has 2 fully saturated rings. The van der Waals surface area contributed by atoms with Crippen molar-refractivity contribution in [2.24, 2.45) is 11.8 Å². The number of hydrogen-bond acceptors (Lipinski definition) is 2. The number of fused-ring (bicyclic) bond motifs is 1. The highest BCUT2D eigenvalue weighted by Gasteiger charge is 2.26. The molecule has 1 saturated heterocycles. The van der Waals surface area contributed by atoms with Crippen molar-refractivity contribution in [3.63, 3.8) is 0 Å². The van der Waals surface area contributed by atoms with E-state index in [9.17, 15) is 4.79 Å². The fourth-order valence-corrected chi connectivity index (χ4v) is 5.58. The molecule has 0 atom stereocenters. The summed E-state index contributed by atoms with van der Waals surface area (Å²) < 4.78 is 4.12. The lowest BCUT2D eigenvalue weighted by molar-refractivity contribution is 0.151. The molecule has 1 aromatic carbocycles. The Kier molecular flexibility index (Phi) is 6.79. The summed E-state index contributed by atoms with van der Waals surface area (Å²) >= 11 is 0. The maximum atomic E-state index is 13.3. The van der Waals surface area contributed by atoms with Crippen molar-refractivity contribution in [1.29, 1.82) is 0 Å². The Balaban J connectivity index is 1.45. The summed E-state index contributed by atoms with van der Waals surface area (Å²) in [6.07, 6.45) is 12.2. The zero-order chi connectivity index (χ0) is 20.2. The van der Waals surface area contributed by atoms with E-state index in [-0.39, 0.29) is 5.69 Å². The van der Waals surface area contributed by atoms with E-state index in [0.29, 0.717) is 12.0 Å². The van der Waals surface area contributed by atoms with Gasteiger partial charge < -0.3 is 4.90 Å². The lowest BCUT2D eigenvalue weighted by Crippen LogP contribution is -2.40. The van der Waals surface area contributed by atoms with Gasteiger partial charge in [0.05, 0.1) is 11.0 Å². The summed E-state index contributed by atoms with van der Waals surface area (Å²) in [6, 6.07) is 8.71. The number of aromatic nitrogens is 2. The predicted molar refractivity (Wildman–Crippen MR) is 122 cm³/mol.